The van der Waals surface area contributed by atoms with Crippen LogP contribution in [0.4, 0.5) is 0 Å². The minimum atomic E-state index is -0.384. The Hall–Kier alpha value is -1.49. The molecular formula is C9H7N2O2S. The highest BCUT2D eigenvalue weighted by atomic mass is 32.1. The summed E-state index contributed by atoms with van der Waals surface area (Å²) in [6.45, 7) is 2.11. The molecule has 2 heterocycles. The Morgan fingerprint density at radius 1 is 1.64 bits per heavy atom. The molecule has 0 aliphatic rings. The Bertz CT molecular complexity index is 467. The van der Waals surface area contributed by atoms with Crippen LogP contribution in [0, 0.1) is 5.51 Å². The van der Waals surface area contributed by atoms with E-state index in [1.165, 1.54) is 17.5 Å². The molecule has 4 nitrogen and oxygen atoms in total. The quantitative estimate of drug-likeness (QED) is 0.703. The molecule has 5 heteroatoms. The number of fused-ring (bicyclic) bond motifs is 1. The summed E-state index contributed by atoms with van der Waals surface area (Å²) in [5, 5.41) is 0. The van der Waals surface area contributed by atoms with E-state index in [4.69, 9.17) is 4.74 Å². The third-order valence-electron chi connectivity index (χ3n) is 1.69. The molecule has 0 spiro atoms. The summed E-state index contributed by atoms with van der Waals surface area (Å²) in [6, 6.07) is 0. The number of esters is 1. The topological polar surface area (TPSA) is 52.1 Å². The van der Waals surface area contributed by atoms with Gasteiger partial charge in [0.25, 0.3) is 0 Å². The van der Waals surface area contributed by atoms with Crippen LogP contribution in [0.1, 0.15) is 17.3 Å². The fourth-order valence-electron chi connectivity index (χ4n) is 1.10. The molecule has 14 heavy (non-hydrogen) atoms. The zero-order valence-electron chi connectivity index (χ0n) is 7.48. The number of hydrogen-bond acceptors (Lipinski definition) is 5. The molecular weight excluding hydrogens is 200 g/mol. The van der Waals surface area contributed by atoms with E-state index >= 15 is 0 Å². The second-order valence-electron chi connectivity index (χ2n) is 2.56. The molecule has 0 saturated heterocycles. The standard InChI is InChI=1S/C9H7N2O2S/c1-2-13-9(12)6-3-10-4-7-8(6)11-5-14-7/h3-4H,2H2,1H3. The maximum atomic E-state index is 11.4. The predicted molar refractivity (Wildman–Crippen MR) is 52.2 cm³/mol. The molecule has 0 unspecified atom stereocenters. The van der Waals surface area contributed by atoms with Crippen molar-refractivity contribution in [2.45, 2.75) is 6.92 Å². The van der Waals surface area contributed by atoms with Crippen LogP contribution in [0.3, 0.4) is 0 Å². The Kier molecular flexibility index (Phi) is 2.41. The Morgan fingerprint density at radius 2 is 2.50 bits per heavy atom. The number of rotatable bonds is 2. The third-order valence-corrected chi connectivity index (χ3v) is 2.39. The van der Waals surface area contributed by atoms with Crippen molar-refractivity contribution in [2.75, 3.05) is 6.61 Å². The number of carbonyl (C=O) groups excluding carboxylic acids is 1. The highest BCUT2D eigenvalue weighted by Crippen LogP contribution is 2.19. The van der Waals surface area contributed by atoms with Crippen LogP contribution in [0.2, 0.25) is 0 Å². The number of hydrogen-bond donors (Lipinski definition) is 0. The van der Waals surface area contributed by atoms with Gasteiger partial charge in [0.05, 0.1) is 16.8 Å². The van der Waals surface area contributed by atoms with Crippen LogP contribution in [0.5, 0.6) is 0 Å². The number of nitrogens with zero attached hydrogens (tertiary/aromatic N) is 2. The van der Waals surface area contributed by atoms with Crippen LogP contribution in [0.25, 0.3) is 10.2 Å². The van der Waals surface area contributed by atoms with Crippen molar-refractivity contribution in [3.05, 3.63) is 23.5 Å². The van der Waals surface area contributed by atoms with Crippen molar-refractivity contribution in [1.82, 2.24) is 9.97 Å². The first-order valence-corrected chi connectivity index (χ1v) is 4.92. The van der Waals surface area contributed by atoms with Crippen molar-refractivity contribution < 1.29 is 9.53 Å². The normalized spacial score (nSPS) is 10.4. The van der Waals surface area contributed by atoms with Gasteiger partial charge < -0.3 is 4.74 Å². The number of aromatic nitrogens is 2. The summed E-state index contributed by atoms with van der Waals surface area (Å²) in [7, 11) is 0. The van der Waals surface area contributed by atoms with Crippen LogP contribution in [-0.2, 0) is 4.74 Å². The summed E-state index contributed by atoms with van der Waals surface area (Å²) in [6.07, 6.45) is 3.13. The number of thiazole rings is 1. The van der Waals surface area contributed by atoms with Crippen molar-refractivity contribution in [2.24, 2.45) is 0 Å². The molecule has 0 atom stereocenters. The molecule has 0 bridgehead atoms. The van der Waals surface area contributed by atoms with E-state index < -0.39 is 0 Å². The van der Waals surface area contributed by atoms with Crippen molar-refractivity contribution in [3.8, 4) is 0 Å². The maximum absolute atomic E-state index is 11.4. The van der Waals surface area contributed by atoms with Crippen LogP contribution < -0.4 is 0 Å². The van der Waals surface area contributed by atoms with Gasteiger partial charge >= 0.3 is 5.97 Å². The highest BCUT2D eigenvalue weighted by Gasteiger charge is 2.13. The van der Waals surface area contributed by atoms with E-state index in [1.807, 2.05) is 0 Å². The fraction of sp³-hybridized carbons (Fsp3) is 0.222. The molecule has 71 valence electrons. The molecule has 0 aliphatic carbocycles. The largest absolute Gasteiger partial charge is 0.462 e. The smallest absolute Gasteiger partial charge is 0.341 e. The Morgan fingerprint density at radius 3 is 3.29 bits per heavy atom. The third kappa shape index (κ3) is 1.46. The second kappa shape index (κ2) is 3.71. The summed E-state index contributed by atoms with van der Waals surface area (Å²) in [5.41, 5.74) is 3.74. The Labute approximate surface area is 84.6 Å². The lowest BCUT2D eigenvalue weighted by Gasteiger charge is -2.00. The summed E-state index contributed by atoms with van der Waals surface area (Å²) in [5.74, 6) is -0.384. The zero-order valence-corrected chi connectivity index (χ0v) is 8.30. The van der Waals surface area contributed by atoms with Gasteiger partial charge in [0.15, 0.2) is 5.51 Å². The first-order chi connectivity index (χ1) is 6.83. The minimum Gasteiger partial charge on any atom is -0.462 e. The molecule has 1 radical (unpaired) electrons. The van der Waals surface area contributed by atoms with Crippen LogP contribution in [-0.4, -0.2) is 22.5 Å². The average Bonchev–Trinajstić information content (AvgIpc) is 2.65. The minimum absolute atomic E-state index is 0.350. The first-order valence-electron chi connectivity index (χ1n) is 4.10. The van der Waals surface area contributed by atoms with Crippen molar-refractivity contribution >= 4 is 27.5 Å². The van der Waals surface area contributed by atoms with E-state index in [0.29, 0.717) is 17.7 Å². The molecule has 0 N–H and O–H groups in total. The number of ether oxygens (including phenoxy) is 1. The van der Waals surface area contributed by atoms with Gasteiger partial charge in [-0.2, -0.15) is 0 Å². The van der Waals surface area contributed by atoms with Gasteiger partial charge in [0.1, 0.15) is 5.56 Å². The van der Waals surface area contributed by atoms with Gasteiger partial charge in [-0.1, -0.05) is 0 Å². The second-order valence-corrected chi connectivity index (χ2v) is 3.39. The van der Waals surface area contributed by atoms with Crippen LogP contribution in [0.15, 0.2) is 12.4 Å². The van der Waals surface area contributed by atoms with E-state index in [-0.39, 0.29) is 5.97 Å². The zero-order chi connectivity index (χ0) is 9.97. The predicted octanol–water partition coefficient (Wildman–Crippen LogP) is 1.67. The Balaban J connectivity index is 2.50. The van der Waals surface area contributed by atoms with E-state index in [2.05, 4.69) is 15.5 Å². The van der Waals surface area contributed by atoms with Gasteiger partial charge in [-0.15, -0.1) is 11.3 Å². The fourth-order valence-corrected chi connectivity index (χ4v) is 1.70. The monoisotopic (exact) mass is 207 g/mol. The van der Waals surface area contributed by atoms with Gasteiger partial charge in [0, 0.05) is 12.4 Å². The van der Waals surface area contributed by atoms with Gasteiger partial charge in [-0.3, -0.25) is 4.98 Å². The van der Waals surface area contributed by atoms with Crippen LogP contribution >= 0.6 is 11.3 Å². The molecule has 0 saturated carbocycles. The van der Waals surface area contributed by atoms with E-state index in [0.717, 1.165) is 4.70 Å². The van der Waals surface area contributed by atoms with E-state index in [1.54, 1.807) is 13.1 Å². The molecule has 2 aromatic rings. The SMILES string of the molecule is CCOC(=O)c1cncc2s[c]nc12. The van der Waals surface area contributed by atoms with Crippen molar-refractivity contribution in [1.29, 1.82) is 0 Å². The maximum Gasteiger partial charge on any atom is 0.341 e. The van der Waals surface area contributed by atoms with Gasteiger partial charge in [-0.05, 0) is 6.92 Å². The summed E-state index contributed by atoms with van der Waals surface area (Å²) < 4.78 is 5.72. The molecule has 2 aromatic heterocycles. The first kappa shape index (κ1) is 9.08. The number of pyridine rings is 1. The van der Waals surface area contributed by atoms with E-state index in [9.17, 15) is 4.79 Å². The lowest BCUT2D eigenvalue weighted by Crippen LogP contribution is -2.05. The summed E-state index contributed by atoms with van der Waals surface area (Å²) in [4.78, 5) is 19.4. The molecule has 2 rings (SSSR count). The summed E-state index contributed by atoms with van der Waals surface area (Å²) >= 11 is 1.33. The van der Waals surface area contributed by atoms with Crippen molar-refractivity contribution in [3.63, 3.8) is 0 Å². The highest BCUT2D eigenvalue weighted by molar-refractivity contribution is 7.16. The van der Waals surface area contributed by atoms with Gasteiger partial charge in [0.2, 0.25) is 0 Å². The van der Waals surface area contributed by atoms with Gasteiger partial charge in [-0.25, -0.2) is 9.78 Å². The average molecular weight is 207 g/mol. The molecule has 0 aromatic carbocycles. The molecule has 0 aliphatic heterocycles. The molecule has 0 amide bonds. The lowest BCUT2D eigenvalue weighted by atomic mass is 10.2. The lowest BCUT2D eigenvalue weighted by molar-refractivity contribution is 0.0528. The number of carbonyl (C=O) groups is 1. The molecule has 0 fully saturated rings.